The van der Waals surface area contributed by atoms with Crippen molar-refractivity contribution in [3.8, 4) is 11.5 Å². The number of hydrogen-bond donors (Lipinski definition) is 1. The summed E-state index contributed by atoms with van der Waals surface area (Å²) in [6.07, 6.45) is 0. The Balaban J connectivity index is 3.09. The fourth-order valence-corrected chi connectivity index (χ4v) is 1.47. The first-order valence-corrected chi connectivity index (χ1v) is 5.09. The summed E-state index contributed by atoms with van der Waals surface area (Å²) in [6.45, 7) is 4.55. The van der Waals surface area contributed by atoms with Crippen LogP contribution in [0.25, 0.3) is 0 Å². The van der Waals surface area contributed by atoms with Crippen LogP contribution in [-0.4, -0.2) is 6.61 Å². The molecule has 0 bridgehead atoms. The normalized spacial score (nSPS) is 9.85. The van der Waals surface area contributed by atoms with Gasteiger partial charge < -0.3 is 8.92 Å². The van der Waals surface area contributed by atoms with Crippen molar-refractivity contribution in [2.75, 3.05) is 6.61 Å². The second kappa shape index (κ2) is 4.77. The zero-order valence-corrected chi connectivity index (χ0v) is 9.98. The minimum Gasteiger partial charge on any atom is -0.493 e. The number of thiol groups is 1. The van der Waals surface area contributed by atoms with Crippen LogP contribution in [0.1, 0.15) is 12.5 Å². The molecule has 0 unspecified atom stereocenters. The number of aryl methyl sites for hydroxylation is 1. The van der Waals surface area contributed by atoms with Gasteiger partial charge in [0.15, 0.2) is 0 Å². The van der Waals surface area contributed by atoms with E-state index in [2.05, 4.69) is 28.8 Å². The summed E-state index contributed by atoms with van der Waals surface area (Å²) in [5.74, 6) is 1.47. The molecular weight excluding hydrogens is 252 g/mol. The first-order valence-electron chi connectivity index (χ1n) is 3.93. The average molecular weight is 263 g/mol. The zero-order valence-electron chi connectivity index (χ0n) is 7.50. The maximum atomic E-state index is 5.40. The molecule has 72 valence electrons. The lowest BCUT2D eigenvalue weighted by atomic mass is 10.2. The monoisotopic (exact) mass is 262 g/mol. The second-order valence-corrected chi connectivity index (χ2v) is 3.55. The third-order valence-electron chi connectivity index (χ3n) is 1.60. The zero-order chi connectivity index (χ0) is 9.84. The minimum absolute atomic E-state index is 0.633. The van der Waals surface area contributed by atoms with Crippen LogP contribution in [0.2, 0.25) is 0 Å². The molecule has 0 aliphatic rings. The van der Waals surface area contributed by atoms with Gasteiger partial charge in [0.05, 0.1) is 11.1 Å². The third kappa shape index (κ3) is 2.54. The van der Waals surface area contributed by atoms with Crippen molar-refractivity contribution in [2.45, 2.75) is 13.8 Å². The Bertz CT molecular complexity index is 302. The highest BCUT2D eigenvalue weighted by molar-refractivity contribution is 9.10. The molecule has 1 rings (SSSR count). The van der Waals surface area contributed by atoms with Crippen molar-refractivity contribution in [1.29, 1.82) is 0 Å². The second-order valence-electron chi connectivity index (χ2n) is 2.58. The number of hydrogen-bond acceptors (Lipinski definition) is 3. The molecule has 0 aliphatic carbocycles. The molecule has 0 heterocycles. The van der Waals surface area contributed by atoms with Crippen LogP contribution in [0, 0.1) is 6.92 Å². The minimum atomic E-state index is 0.633. The van der Waals surface area contributed by atoms with E-state index in [4.69, 9.17) is 8.92 Å². The van der Waals surface area contributed by atoms with Gasteiger partial charge in [-0.15, -0.1) is 0 Å². The molecule has 0 aromatic heterocycles. The van der Waals surface area contributed by atoms with E-state index in [1.54, 1.807) is 6.07 Å². The Morgan fingerprint density at radius 2 is 2.15 bits per heavy atom. The first kappa shape index (κ1) is 10.7. The van der Waals surface area contributed by atoms with Crippen molar-refractivity contribution in [2.24, 2.45) is 0 Å². The van der Waals surface area contributed by atoms with Crippen LogP contribution < -0.4 is 8.92 Å². The molecule has 4 heteroatoms. The third-order valence-corrected chi connectivity index (χ3v) is 2.83. The van der Waals surface area contributed by atoms with Crippen molar-refractivity contribution in [1.82, 2.24) is 0 Å². The molecule has 1 aromatic carbocycles. The lowest BCUT2D eigenvalue weighted by molar-refractivity contribution is 0.337. The molecule has 0 atom stereocenters. The number of rotatable bonds is 3. The summed E-state index contributed by atoms with van der Waals surface area (Å²) in [5.41, 5.74) is 1.06. The molecule has 0 amide bonds. The predicted molar refractivity (Wildman–Crippen MR) is 59.7 cm³/mol. The van der Waals surface area contributed by atoms with E-state index < -0.39 is 0 Å². The van der Waals surface area contributed by atoms with E-state index in [-0.39, 0.29) is 0 Å². The summed E-state index contributed by atoms with van der Waals surface area (Å²) in [4.78, 5) is 0. The van der Waals surface area contributed by atoms with Crippen LogP contribution in [0.3, 0.4) is 0 Å². The lowest BCUT2D eigenvalue weighted by Gasteiger charge is -2.09. The van der Waals surface area contributed by atoms with Crippen LogP contribution in [0.5, 0.6) is 11.5 Å². The predicted octanol–water partition coefficient (Wildman–Crippen LogP) is 3.38. The fraction of sp³-hybridized carbons (Fsp3) is 0.333. The highest BCUT2D eigenvalue weighted by Crippen LogP contribution is 2.33. The molecule has 0 fully saturated rings. The quantitative estimate of drug-likeness (QED) is 0.665. The van der Waals surface area contributed by atoms with Gasteiger partial charge in [0.25, 0.3) is 0 Å². The van der Waals surface area contributed by atoms with Crippen molar-refractivity contribution >= 4 is 28.8 Å². The standard InChI is InChI=1S/C9H11BrO2S/c1-3-11-8-5-7(12-13)4-6(2)9(8)10/h4-5,13H,3H2,1-2H3. The molecule has 0 spiro atoms. The van der Waals surface area contributed by atoms with Crippen molar-refractivity contribution < 1.29 is 8.92 Å². The van der Waals surface area contributed by atoms with Crippen molar-refractivity contribution in [3.63, 3.8) is 0 Å². The Hall–Kier alpha value is -0.350. The van der Waals surface area contributed by atoms with Gasteiger partial charge in [-0.2, -0.15) is 0 Å². The van der Waals surface area contributed by atoms with Gasteiger partial charge in [0.2, 0.25) is 0 Å². The molecule has 0 radical (unpaired) electrons. The lowest BCUT2D eigenvalue weighted by Crippen LogP contribution is -1.94. The van der Waals surface area contributed by atoms with E-state index in [9.17, 15) is 0 Å². The Morgan fingerprint density at radius 1 is 1.46 bits per heavy atom. The van der Waals surface area contributed by atoms with Gasteiger partial charge in [0, 0.05) is 19.0 Å². The molecule has 13 heavy (non-hydrogen) atoms. The van der Waals surface area contributed by atoms with Gasteiger partial charge in [-0.05, 0) is 41.4 Å². The molecule has 0 N–H and O–H groups in total. The van der Waals surface area contributed by atoms with Crippen LogP contribution in [0.4, 0.5) is 0 Å². The fourth-order valence-electron chi connectivity index (χ4n) is 1.02. The van der Waals surface area contributed by atoms with Gasteiger partial charge in [-0.1, -0.05) is 0 Å². The van der Waals surface area contributed by atoms with Gasteiger partial charge in [0.1, 0.15) is 11.5 Å². The van der Waals surface area contributed by atoms with E-state index in [1.807, 2.05) is 19.9 Å². The SMILES string of the molecule is CCOc1cc(OS)cc(C)c1Br. The Labute approximate surface area is 92.0 Å². The number of benzene rings is 1. The highest BCUT2D eigenvalue weighted by atomic mass is 79.9. The van der Waals surface area contributed by atoms with E-state index >= 15 is 0 Å². The molecule has 0 saturated carbocycles. The summed E-state index contributed by atoms with van der Waals surface area (Å²) in [6, 6.07) is 3.69. The maximum absolute atomic E-state index is 5.40. The molecule has 1 aromatic rings. The molecule has 0 saturated heterocycles. The van der Waals surface area contributed by atoms with Crippen molar-refractivity contribution in [3.05, 3.63) is 22.2 Å². The molecular formula is C9H11BrO2S. The van der Waals surface area contributed by atoms with Gasteiger partial charge in [-0.25, -0.2) is 0 Å². The van der Waals surface area contributed by atoms with Crippen LogP contribution >= 0.6 is 28.8 Å². The molecule has 0 aliphatic heterocycles. The van der Waals surface area contributed by atoms with Crippen LogP contribution in [-0.2, 0) is 0 Å². The van der Waals surface area contributed by atoms with Gasteiger partial charge >= 0.3 is 0 Å². The number of ether oxygens (including phenoxy) is 1. The Kier molecular flexibility index (Phi) is 3.93. The highest BCUT2D eigenvalue weighted by Gasteiger charge is 2.06. The number of halogens is 1. The molecule has 2 nitrogen and oxygen atoms in total. The van der Waals surface area contributed by atoms with E-state index in [0.29, 0.717) is 12.4 Å². The summed E-state index contributed by atoms with van der Waals surface area (Å²) < 4.78 is 11.2. The Morgan fingerprint density at radius 3 is 2.69 bits per heavy atom. The smallest absolute Gasteiger partial charge is 0.141 e. The average Bonchev–Trinajstić information content (AvgIpc) is 2.13. The van der Waals surface area contributed by atoms with E-state index in [1.165, 1.54) is 0 Å². The largest absolute Gasteiger partial charge is 0.493 e. The maximum Gasteiger partial charge on any atom is 0.141 e. The van der Waals surface area contributed by atoms with Gasteiger partial charge in [-0.3, -0.25) is 0 Å². The summed E-state index contributed by atoms with van der Waals surface area (Å²) >= 11 is 7.18. The summed E-state index contributed by atoms with van der Waals surface area (Å²) in [7, 11) is 0. The first-order chi connectivity index (χ1) is 6.19. The van der Waals surface area contributed by atoms with E-state index in [0.717, 1.165) is 15.8 Å². The van der Waals surface area contributed by atoms with Crippen LogP contribution in [0.15, 0.2) is 16.6 Å². The summed E-state index contributed by atoms with van der Waals surface area (Å²) in [5, 5.41) is 0. The topological polar surface area (TPSA) is 18.5 Å².